The van der Waals surface area contributed by atoms with Gasteiger partial charge in [-0.05, 0) is 17.5 Å². The maximum Gasteiger partial charge on any atom is 0.252 e. The molecule has 14 heavy (non-hydrogen) atoms. The highest BCUT2D eigenvalue weighted by atomic mass is 19.1. The fraction of sp³-hybridized carbons (Fsp3) is 0.364. The Balaban J connectivity index is 2.68. The van der Waals surface area contributed by atoms with E-state index in [9.17, 15) is 9.18 Å². The Morgan fingerprint density at radius 1 is 1.43 bits per heavy atom. The Hall–Kier alpha value is -1.38. The lowest BCUT2D eigenvalue weighted by Crippen LogP contribution is -2.14. The fourth-order valence-electron chi connectivity index (χ4n) is 1.88. The van der Waals surface area contributed by atoms with Gasteiger partial charge in [-0.1, -0.05) is 19.9 Å². The van der Waals surface area contributed by atoms with E-state index in [1.807, 2.05) is 13.8 Å². The molecule has 3 heteroatoms. The standard InChI is InChI=1S/C11H12FNO/c1-6(2)9-8(12)4-3-7-5-13-11(14)10(7)9/h3-4,6H,5H2,1-2H3,(H,13,14). The summed E-state index contributed by atoms with van der Waals surface area (Å²) >= 11 is 0. The first-order valence-corrected chi connectivity index (χ1v) is 4.70. The van der Waals surface area contributed by atoms with Crippen molar-refractivity contribution in [3.05, 3.63) is 34.6 Å². The SMILES string of the molecule is CC(C)c1c(F)ccc2c1C(=O)NC2. The Labute approximate surface area is 82.1 Å². The van der Waals surface area contributed by atoms with Crippen LogP contribution in [0.2, 0.25) is 0 Å². The highest BCUT2D eigenvalue weighted by Gasteiger charge is 2.25. The van der Waals surface area contributed by atoms with E-state index < -0.39 is 0 Å². The number of hydrogen-bond donors (Lipinski definition) is 1. The third-order valence-corrected chi connectivity index (χ3v) is 2.52. The monoisotopic (exact) mass is 193 g/mol. The van der Waals surface area contributed by atoms with Gasteiger partial charge in [-0.15, -0.1) is 0 Å². The minimum atomic E-state index is -0.282. The largest absolute Gasteiger partial charge is 0.348 e. The molecule has 0 saturated heterocycles. The summed E-state index contributed by atoms with van der Waals surface area (Å²) in [6, 6.07) is 3.11. The first kappa shape index (κ1) is 9.19. The van der Waals surface area contributed by atoms with Gasteiger partial charge in [0.15, 0.2) is 0 Å². The minimum Gasteiger partial charge on any atom is -0.348 e. The van der Waals surface area contributed by atoms with Gasteiger partial charge in [0, 0.05) is 12.1 Å². The molecule has 1 aromatic rings. The lowest BCUT2D eigenvalue weighted by molar-refractivity contribution is 0.0964. The van der Waals surface area contributed by atoms with E-state index in [0.717, 1.165) is 5.56 Å². The van der Waals surface area contributed by atoms with Gasteiger partial charge in [-0.2, -0.15) is 0 Å². The molecular formula is C11H12FNO. The molecule has 0 fully saturated rings. The number of halogens is 1. The van der Waals surface area contributed by atoms with Crippen LogP contribution in [0.15, 0.2) is 12.1 Å². The van der Waals surface area contributed by atoms with E-state index in [1.54, 1.807) is 6.07 Å². The lowest BCUT2D eigenvalue weighted by atomic mass is 9.94. The molecule has 0 unspecified atom stereocenters. The van der Waals surface area contributed by atoms with Crippen LogP contribution in [-0.2, 0) is 6.54 Å². The van der Waals surface area contributed by atoms with E-state index in [1.165, 1.54) is 6.07 Å². The molecule has 1 aliphatic heterocycles. The van der Waals surface area contributed by atoms with Crippen LogP contribution in [-0.4, -0.2) is 5.91 Å². The Kier molecular flexibility index (Phi) is 2.02. The van der Waals surface area contributed by atoms with Crippen LogP contribution >= 0.6 is 0 Å². The smallest absolute Gasteiger partial charge is 0.252 e. The van der Waals surface area contributed by atoms with Gasteiger partial charge in [-0.3, -0.25) is 4.79 Å². The van der Waals surface area contributed by atoms with Gasteiger partial charge in [0.25, 0.3) is 5.91 Å². The number of carbonyl (C=O) groups is 1. The number of nitrogens with one attached hydrogen (secondary N) is 1. The quantitative estimate of drug-likeness (QED) is 0.727. The van der Waals surface area contributed by atoms with Crippen molar-refractivity contribution in [2.45, 2.75) is 26.3 Å². The van der Waals surface area contributed by atoms with Crippen LogP contribution in [0.5, 0.6) is 0 Å². The molecule has 0 saturated carbocycles. The van der Waals surface area contributed by atoms with E-state index in [0.29, 0.717) is 17.7 Å². The first-order chi connectivity index (χ1) is 6.61. The van der Waals surface area contributed by atoms with E-state index in [4.69, 9.17) is 0 Å². The third-order valence-electron chi connectivity index (χ3n) is 2.52. The summed E-state index contributed by atoms with van der Waals surface area (Å²) in [6.45, 7) is 4.31. The van der Waals surface area contributed by atoms with Crippen LogP contribution in [0.4, 0.5) is 4.39 Å². The highest BCUT2D eigenvalue weighted by Crippen LogP contribution is 2.28. The van der Waals surface area contributed by atoms with Crippen LogP contribution in [0.1, 0.15) is 41.3 Å². The molecule has 0 bridgehead atoms. The van der Waals surface area contributed by atoms with Crippen LogP contribution in [0, 0.1) is 5.82 Å². The fourth-order valence-corrected chi connectivity index (χ4v) is 1.88. The summed E-state index contributed by atoms with van der Waals surface area (Å²) in [5.74, 6) is -0.396. The maximum absolute atomic E-state index is 13.5. The summed E-state index contributed by atoms with van der Waals surface area (Å²) in [6.07, 6.45) is 0. The Morgan fingerprint density at radius 2 is 2.14 bits per heavy atom. The van der Waals surface area contributed by atoms with Crippen molar-refractivity contribution in [3.63, 3.8) is 0 Å². The molecule has 1 N–H and O–H groups in total. The molecule has 0 aromatic heterocycles. The zero-order valence-electron chi connectivity index (χ0n) is 8.23. The molecule has 1 heterocycles. The number of carbonyl (C=O) groups excluding carboxylic acids is 1. The van der Waals surface area contributed by atoms with Gasteiger partial charge in [0.2, 0.25) is 0 Å². The van der Waals surface area contributed by atoms with Crippen LogP contribution < -0.4 is 5.32 Å². The first-order valence-electron chi connectivity index (χ1n) is 4.70. The van der Waals surface area contributed by atoms with E-state index >= 15 is 0 Å². The summed E-state index contributed by atoms with van der Waals surface area (Å²) in [5.41, 5.74) is 1.98. The molecule has 0 atom stereocenters. The van der Waals surface area contributed by atoms with Crippen molar-refractivity contribution in [1.29, 1.82) is 0 Å². The molecule has 1 aromatic carbocycles. The van der Waals surface area contributed by atoms with Crippen molar-refractivity contribution in [2.75, 3.05) is 0 Å². The number of rotatable bonds is 1. The molecule has 2 nitrogen and oxygen atoms in total. The molecule has 0 spiro atoms. The number of fused-ring (bicyclic) bond motifs is 1. The predicted molar refractivity (Wildman–Crippen MR) is 51.7 cm³/mol. The molecule has 0 radical (unpaired) electrons. The topological polar surface area (TPSA) is 29.1 Å². The second-order valence-electron chi connectivity index (χ2n) is 3.83. The van der Waals surface area contributed by atoms with Gasteiger partial charge in [0.05, 0.1) is 5.56 Å². The van der Waals surface area contributed by atoms with Crippen molar-refractivity contribution in [2.24, 2.45) is 0 Å². The average molecular weight is 193 g/mol. The van der Waals surface area contributed by atoms with Crippen LogP contribution in [0.25, 0.3) is 0 Å². The zero-order valence-corrected chi connectivity index (χ0v) is 8.23. The van der Waals surface area contributed by atoms with E-state index in [2.05, 4.69) is 5.32 Å². The summed E-state index contributed by atoms with van der Waals surface area (Å²) in [4.78, 5) is 11.5. The lowest BCUT2D eigenvalue weighted by Gasteiger charge is -2.10. The second-order valence-corrected chi connectivity index (χ2v) is 3.83. The summed E-state index contributed by atoms with van der Waals surface area (Å²) in [5, 5.41) is 2.70. The average Bonchev–Trinajstić information content (AvgIpc) is 2.47. The molecular weight excluding hydrogens is 181 g/mol. The number of amides is 1. The van der Waals surface area contributed by atoms with Gasteiger partial charge < -0.3 is 5.32 Å². The van der Waals surface area contributed by atoms with Gasteiger partial charge in [-0.25, -0.2) is 4.39 Å². The summed E-state index contributed by atoms with van der Waals surface area (Å²) in [7, 11) is 0. The van der Waals surface area contributed by atoms with Crippen LogP contribution in [0.3, 0.4) is 0 Å². The predicted octanol–water partition coefficient (Wildman–Crippen LogP) is 2.19. The van der Waals surface area contributed by atoms with Crippen molar-refractivity contribution < 1.29 is 9.18 Å². The van der Waals surface area contributed by atoms with Gasteiger partial charge >= 0.3 is 0 Å². The zero-order chi connectivity index (χ0) is 10.3. The molecule has 0 aliphatic carbocycles. The number of benzene rings is 1. The summed E-state index contributed by atoms with van der Waals surface area (Å²) < 4.78 is 13.5. The molecule has 74 valence electrons. The van der Waals surface area contributed by atoms with Crippen molar-refractivity contribution >= 4 is 5.91 Å². The minimum absolute atomic E-state index is 0.0359. The van der Waals surface area contributed by atoms with Gasteiger partial charge in [0.1, 0.15) is 5.82 Å². The highest BCUT2D eigenvalue weighted by molar-refractivity contribution is 5.99. The van der Waals surface area contributed by atoms with Crippen molar-refractivity contribution in [3.8, 4) is 0 Å². The number of hydrogen-bond acceptors (Lipinski definition) is 1. The Bertz CT molecular complexity index is 399. The molecule has 1 aliphatic rings. The van der Waals surface area contributed by atoms with Crippen molar-refractivity contribution in [1.82, 2.24) is 5.32 Å². The molecule has 1 amide bonds. The Morgan fingerprint density at radius 3 is 2.79 bits per heavy atom. The molecule has 2 rings (SSSR count). The maximum atomic E-state index is 13.5. The second kappa shape index (κ2) is 3.08. The third kappa shape index (κ3) is 1.20. The normalized spacial score (nSPS) is 14.4. The van der Waals surface area contributed by atoms with E-state index in [-0.39, 0.29) is 17.6 Å².